The highest BCUT2D eigenvalue weighted by molar-refractivity contribution is 5.36. The number of hydrogen-bond donors (Lipinski definition) is 1. The fourth-order valence-electron chi connectivity index (χ4n) is 4.21. The van der Waals surface area contributed by atoms with Crippen LogP contribution in [-0.2, 0) is 16.9 Å². The average Bonchev–Trinajstić information content (AvgIpc) is 2.64. The van der Waals surface area contributed by atoms with Gasteiger partial charge in [0.15, 0.2) is 0 Å². The van der Waals surface area contributed by atoms with E-state index in [-0.39, 0.29) is 12.1 Å². The maximum atomic E-state index is 11.4. The van der Waals surface area contributed by atoms with Gasteiger partial charge in [0.1, 0.15) is 0 Å². The second kappa shape index (κ2) is 6.65. The fraction of sp³-hybridized carbons (Fsp3) is 0.364. The Labute approximate surface area is 149 Å². The summed E-state index contributed by atoms with van der Waals surface area (Å²) in [7, 11) is 0. The number of fused-ring (bicyclic) bond motifs is 2. The highest BCUT2D eigenvalue weighted by Gasteiger charge is 2.46. The summed E-state index contributed by atoms with van der Waals surface area (Å²) in [6, 6.07) is 18.7. The van der Waals surface area contributed by atoms with Crippen molar-refractivity contribution in [2.75, 3.05) is 13.2 Å². The third-order valence-corrected chi connectivity index (χ3v) is 5.50. The SMILES string of the molecule is C#Cc1ccc(C2(O)CC3COCC(C2)N3Cc2ccccc2)cc1. The minimum Gasteiger partial charge on any atom is -0.385 e. The number of aliphatic hydroxyl groups is 1. The normalized spacial score (nSPS) is 29.1. The van der Waals surface area contributed by atoms with Crippen LogP contribution in [0, 0.1) is 12.3 Å². The van der Waals surface area contributed by atoms with Crippen molar-refractivity contribution in [3.8, 4) is 12.3 Å². The Kier molecular flexibility index (Phi) is 4.35. The molecule has 2 bridgehead atoms. The first-order valence-corrected chi connectivity index (χ1v) is 8.85. The summed E-state index contributed by atoms with van der Waals surface area (Å²) in [5.74, 6) is 2.63. The van der Waals surface area contributed by atoms with Gasteiger partial charge < -0.3 is 9.84 Å². The predicted octanol–water partition coefficient (Wildman–Crippen LogP) is 2.92. The van der Waals surface area contributed by atoms with Gasteiger partial charge in [-0.2, -0.15) is 0 Å². The zero-order valence-corrected chi connectivity index (χ0v) is 14.3. The fourth-order valence-corrected chi connectivity index (χ4v) is 4.21. The molecule has 25 heavy (non-hydrogen) atoms. The minimum atomic E-state index is -0.806. The lowest BCUT2D eigenvalue weighted by Crippen LogP contribution is -2.60. The number of ether oxygens (including phenoxy) is 1. The number of benzene rings is 2. The number of piperidine rings is 1. The highest BCUT2D eigenvalue weighted by Crippen LogP contribution is 2.41. The quantitative estimate of drug-likeness (QED) is 0.877. The topological polar surface area (TPSA) is 32.7 Å². The van der Waals surface area contributed by atoms with Gasteiger partial charge in [-0.05, 0) is 36.1 Å². The number of rotatable bonds is 3. The first kappa shape index (κ1) is 16.4. The van der Waals surface area contributed by atoms with E-state index in [0.717, 1.165) is 17.7 Å². The molecule has 2 aliphatic heterocycles. The van der Waals surface area contributed by atoms with Gasteiger partial charge in [-0.25, -0.2) is 0 Å². The standard InChI is InChI=1S/C22H23NO2/c1-2-17-8-10-19(11-9-17)22(24)12-20-15-25-16-21(13-22)23(20)14-18-6-4-3-5-7-18/h1,3-11,20-21,24H,12-16H2. The molecule has 0 aliphatic carbocycles. The molecule has 2 aromatic carbocycles. The molecule has 2 aromatic rings. The molecule has 0 saturated carbocycles. The van der Waals surface area contributed by atoms with Crippen LogP contribution in [0.4, 0.5) is 0 Å². The maximum Gasteiger partial charge on any atom is 0.0928 e. The second-order valence-corrected chi connectivity index (χ2v) is 7.16. The monoisotopic (exact) mass is 333 g/mol. The van der Waals surface area contributed by atoms with Gasteiger partial charge >= 0.3 is 0 Å². The van der Waals surface area contributed by atoms with Gasteiger partial charge in [-0.3, -0.25) is 4.90 Å². The molecule has 2 atom stereocenters. The Balaban J connectivity index is 1.56. The van der Waals surface area contributed by atoms with Crippen molar-refractivity contribution < 1.29 is 9.84 Å². The summed E-state index contributed by atoms with van der Waals surface area (Å²) in [5, 5.41) is 11.4. The minimum absolute atomic E-state index is 0.227. The molecule has 2 fully saturated rings. The van der Waals surface area contributed by atoms with Gasteiger partial charge in [0.2, 0.25) is 0 Å². The van der Waals surface area contributed by atoms with Crippen LogP contribution in [-0.4, -0.2) is 35.3 Å². The molecular formula is C22H23NO2. The molecule has 2 saturated heterocycles. The van der Waals surface area contributed by atoms with E-state index in [4.69, 9.17) is 11.2 Å². The van der Waals surface area contributed by atoms with Crippen LogP contribution in [0.5, 0.6) is 0 Å². The van der Waals surface area contributed by atoms with Crippen LogP contribution in [0.25, 0.3) is 0 Å². The molecular weight excluding hydrogens is 310 g/mol. The van der Waals surface area contributed by atoms with Crippen molar-refractivity contribution in [2.24, 2.45) is 0 Å². The lowest BCUT2D eigenvalue weighted by molar-refractivity contribution is -0.149. The molecule has 128 valence electrons. The summed E-state index contributed by atoms with van der Waals surface area (Å²) < 4.78 is 5.79. The molecule has 0 spiro atoms. The molecule has 2 heterocycles. The van der Waals surface area contributed by atoms with Crippen LogP contribution >= 0.6 is 0 Å². The summed E-state index contributed by atoms with van der Waals surface area (Å²) in [5.41, 5.74) is 2.31. The van der Waals surface area contributed by atoms with Crippen molar-refractivity contribution in [1.82, 2.24) is 4.90 Å². The van der Waals surface area contributed by atoms with Crippen molar-refractivity contribution >= 4 is 0 Å². The van der Waals surface area contributed by atoms with Crippen LogP contribution in [0.15, 0.2) is 54.6 Å². The average molecular weight is 333 g/mol. The molecule has 0 amide bonds. The number of terminal acetylenes is 1. The zero-order valence-electron chi connectivity index (χ0n) is 14.3. The van der Waals surface area contributed by atoms with E-state index in [1.165, 1.54) is 5.56 Å². The smallest absolute Gasteiger partial charge is 0.0928 e. The van der Waals surface area contributed by atoms with E-state index < -0.39 is 5.60 Å². The lowest BCUT2D eigenvalue weighted by atomic mass is 9.76. The molecule has 0 radical (unpaired) electrons. The van der Waals surface area contributed by atoms with Gasteiger partial charge in [0.05, 0.1) is 18.8 Å². The van der Waals surface area contributed by atoms with Crippen LogP contribution < -0.4 is 0 Å². The van der Waals surface area contributed by atoms with Crippen molar-refractivity contribution in [3.63, 3.8) is 0 Å². The first-order valence-electron chi connectivity index (χ1n) is 8.85. The third-order valence-electron chi connectivity index (χ3n) is 5.50. The Morgan fingerprint density at radius 1 is 1.04 bits per heavy atom. The number of nitrogens with zero attached hydrogens (tertiary/aromatic N) is 1. The summed E-state index contributed by atoms with van der Waals surface area (Å²) in [6.07, 6.45) is 6.81. The molecule has 0 aromatic heterocycles. The largest absolute Gasteiger partial charge is 0.385 e. The summed E-state index contributed by atoms with van der Waals surface area (Å²) >= 11 is 0. The van der Waals surface area contributed by atoms with Crippen LogP contribution in [0.2, 0.25) is 0 Å². The van der Waals surface area contributed by atoms with E-state index in [1.807, 2.05) is 30.3 Å². The number of hydrogen-bond acceptors (Lipinski definition) is 3. The highest BCUT2D eigenvalue weighted by atomic mass is 16.5. The van der Waals surface area contributed by atoms with Crippen LogP contribution in [0.1, 0.15) is 29.5 Å². The van der Waals surface area contributed by atoms with Gasteiger partial charge in [0.25, 0.3) is 0 Å². The van der Waals surface area contributed by atoms with E-state index in [2.05, 4.69) is 35.1 Å². The van der Waals surface area contributed by atoms with Crippen LogP contribution in [0.3, 0.4) is 0 Å². The van der Waals surface area contributed by atoms with Crippen molar-refractivity contribution in [1.29, 1.82) is 0 Å². The maximum absolute atomic E-state index is 11.4. The van der Waals surface area contributed by atoms with E-state index in [0.29, 0.717) is 26.1 Å². The predicted molar refractivity (Wildman–Crippen MR) is 97.9 cm³/mol. The Hall–Kier alpha value is -2.12. The van der Waals surface area contributed by atoms with E-state index in [1.54, 1.807) is 0 Å². The summed E-state index contributed by atoms with van der Waals surface area (Å²) in [6.45, 7) is 2.26. The van der Waals surface area contributed by atoms with E-state index in [9.17, 15) is 5.11 Å². The van der Waals surface area contributed by atoms with Crippen molar-refractivity contribution in [2.45, 2.75) is 37.1 Å². The first-order chi connectivity index (χ1) is 12.2. The van der Waals surface area contributed by atoms with Gasteiger partial charge in [-0.1, -0.05) is 48.4 Å². The van der Waals surface area contributed by atoms with Crippen molar-refractivity contribution in [3.05, 3.63) is 71.3 Å². The molecule has 3 nitrogen and oxygen atoms in total. The zero-order chi connectivity index (χ0) is 17.3. The molecule has 3 heteroatoms. The number of morpholine rings is 1. The third kappa shape index (κ3) is 3.21. The molecule has 4 rings (SSSR count). The summed E-state index contributed by atoms with van der Waals surface area (Å²) in [4.78, 5) is 2.50. The lowest BCUT2D eigenvalue weighted by Gasteiger charge is -2.52. The Morgan fingerprint density at radius 2 is 1.68 bits per heavy atom. The molecule has 1 N–H and O–H groups in total. The van der Waals surface area contributed by atoms with E-state index >= 15 is 0 Å². The Bertz CT molecular complexity index is 749. The van der Waals surface area contributed by atoms with Gasteiger partial charge in [-0.15, -0.1) is 6.42 Å². The second-order valence-electron chi connectivity index (χ2n) is 7.16. The molecule has 2 unspecified atom stereocenters. The Morgan fingerprint density at radius 3 is 2.28 bits per heavy atom. The van der Waals surface area contributed by atoms with Gasteiger partial charge in [0, 0.05) is 24.2 Å². The molecule has 2 aliphatic rings.